The highest BCUT2D eigenvalue weighted by molar-refractivity contribution is 7.91. The van der Waals surface area contributed by atoms with E-state index < -0.39 is 15.9 Å². The van der Waals surface area contributed by atoms with Crippen LogP contribution >= 0.6 is 0 Å². The molecule has 0 aromatic heterocycles. The minimum Gasteiger partial charge on any atom is -0.352 e. The fourth-order valence-corrected chi connectivity index (χ4v) is 3.45. The first-order chi connectivity index (χ1) is 7.80. The lowest BCUT2D eigenvalue weighted by Gasteiger charge is -2.24. The number of carbonyl (C=O) groups is 1. The average Bonchev–Trinajstić information content (AvgIpc) is 2.20. The first-order valence-electron chi connectivity index (χ1n) is 6.06. The highest BCUT2D eigenvalue weighted by Crippen LogP contribution is 2.12. The number of nitrogens with one attached hydrogen (secondary N) is 1. The molecular formula is C11H22N2O3S. The molecule has 1 aliphatic rings. The second kappa shape index (κ2) is 5.82. The summed E-state index contributed by atoms with van der Waals surface area (Å²) in [7, 11) is -2.87. The first-order valence-corrected chi connectivity index (χ1v) is 7.88. The van der Waals surface area contributed by atoms with Gasteiger partial charge in [-0.1, -0.05) is 13.8 Å². The lowest BCUT2D eigenvalue weighted by atomic mass is 10.0. The number of sulfone groups is 1. The van der Waals surface area contributed by atoms with Crippen LogP contribution in [0.4, 0.5) is 0 Å². The van der Waals surface area contributed by atoms with Gasteiger partial charge in [0.15, 0.2) is 0 Å². The van der Waals surface area contributed by atoms with Gasteiger partial charge < -0.3 is 11.1 Å². The van der Waals surface area contributed by atoms with Crippen LogP contribution < -0.4 is 11.1 Å². The third kappa shape index (κ3) is 5.04. The van der Waals surface area contributed by atoms with Crippen LogP contribution in [0.2, 0.25) is 0 Å². The van der Waals surface area contributed by atoms with Gasteiger partial charge in [0.2, 0.25) is 5.91 Å². The Kier molecular flexibility index (Phi) is 4.94. The van der Waals surface area contributed by atoms with Crippen LogP contribution in [-0.2, 0) is 14.6 Å². The second-order valence-corrected chi connectivity index (χ2v) is 7.47. The highest BCUT2D eigenvalue weighted by atomic mass is 32.2. The topological polar surface area (TPSA) is 89.3 Å². The number of hydrogen-bond donors (Lipinski definition) is 2. The summed E-state index contributed by atoms with van der Waals surface area (Å²) in [4.78, 5) is 11.7. The maximum absolute atomic E-state index is 11.7. The average molecular weight is 262 g/mol. The standard InChI is InChI=1S/C11H22N2O3S/c1-8(2)7-10(12)11(14)13-9-3-5-17(15,16)6-4-9/h8-10H,3-7,12H2,1-2H3,(H,13,14)/t10-/m0/s1. The zero-order valence-electron chi connectivity index (χ0n) is 10.5. The number of hydrogen-bond acceptors (Lipinski definition) is 4. The van der Waals surface area contributed by atoms with Crippen LogP contribution in [0.15, 0.2) is 0 Å². The van der Waals surface area contributed by atoms with E-state index in [1.54, 1.807) is 0 Å². The van der Waals surface area contributed by atoms with Gasteiger partial charge in [0, 0.05) is 6.04 Å². The molecule has 0 aliphatic carbocycles. The van der Waals surface area contributed by atoms with Gasteiger partial charge in [-0.2, -0.15) is 0 Å². The van der Waals surface area contributed by atoms with Crippen molar-refractivity contribution in [2.75, 3.05) is 11.5 Å². The van der Waals surface area contributed by atoms with Crippen molar-refractivity contribution in [1.29, 1.82) is 0 Å². The van der Waals surface area contributed by atoms with Crippen molar-refractivity contribution < 1.29 is 13.2 Å². The zero-order chi connectivity index (χ0) is 13.1. The molecule has 0 unspecified atom stereocenters. The molecule has 0 radical (unpaired) electrons. The van der Waals surface area contributed by atoms with Crippen LogP contribution in [0.25, 0.3) is 0 Å². The van der Waals surface area contributed by atoms with E-state index in [2.05, 4.69) is 5.32 Å². The van der Waals surface area contributed by atoms with Gasteiger partial charge >= 0.3 is 0 Å². The monoisotopic (exact) mass is 262 g/mol. The van der Waals surface area contributed by atoms with Gasteiger partial charge in [0.25, 0.3) is 0 Å². The summed E-state index contributed by atoms with van der Waals surface area (Å²) >= 11 is 0. The third-order valence-electron chi connectivity index (χ3n) is 2.96. The van der Waals surface area contributed by atoms with Crippen LogP contribution in [0, 0.1) is 5.92 Å². The van der Waals surface area contributed by atoms with E-state index >= 15 is 0 Å². The van der Waals surface area contributed by atoms with Gasteiger partial charge in [-0.05, 0) is 25.2 Å². The predicted molar refractivity (Wildman–Crippen MR) is 67.2 cm³/mol. The summed E-state index contributed by atoms with van der Waals surface area (Å²) in [5.41, 5.74) is 5.76. The molecule has 3 N–H and O–H groups in total. The fourth-order valence-electron chi connectivity index (χ4n) is 1.96. The normalized spacial score (nSPS) is 22.4. The van der Waals surface area contributed by atoms with Crippen molar-refractivity contribution in [2.45, 2.75) is 45.2 Å². The molecule has 5 nitrogen and oxygen atoms in total. The molecule has 1 saturated heterocycles. The lowest BCUT2D eigenvalue weighted by Crippen LogP contribution is -2.48. The molecule has 1 heterocycles. The van der Waals surface area contributed by atoms with Gasteiger partial charge in [0.05, 0.1) is 17.5 Å². The Labute approximate surface area is 103 Å². The smallest absolute Gasteiger partial charge is 0.237 e. The van der Waals surface area contributed by atoms with Crippen LogP contribution in [0.5, 0.6) is 0 Å². The Bertz CT molecular complexity index is 351. The Morgan fingerprint density at radius 2 is 1.88 bits per heavy atom. The molecule has 0 saturated carbocycles. The minimum absolute atomic E-state index is 0.0377. The molecule has 6 heteroatoms. The molecular weight excluding hydrogens is 240 g/mol. The molecule has 0 aromatic rings. The minimum atomic E-state index is -2.87. The van der Waals surface area contributed by atoms with Crippen LogP contribution in [-0.4, -0.2) is 37.9 Å². The van der Waals surface area contributed by atoms with Crippen molar-refractivity contribution in [3.05, 3.63) is 0 Å². The van der Waals surface area contributed by atoms with E-state index in [4.69, 9.17) is 5.73 Å². The number of carbonyl (C=O) groups excluding carboxylic acids is 1. The van der Waals surface area contributed by atoms with E-state index in [0.29, 0.717) is 25.2 Å². The fraction of sp³-hybridized carbons (Fsp3) is 0.909. The van der Waals surface area contributed by atoms with Crippen molar-refractivity contribution in [2.24, 2.45) is 11.7 Å². The van der Waals surface area contributed by atoms with Crippen molar-refractivity contribution in [3.63, 3.8) is 0 Å². The van der Waals surface area contributed by atoms with Gasteiger partial charge in [-0.25, -0.2) is 8.42 Å². The molecule has 1 amide bonds. The first kappa shape index (κ1) is 14.4. The van der Waals surface area contributed by atoms with Crippen molar-refractivity contribution >= 4 is 15.7 Å². The molecule has 17 heavy (non-hydrogen) atoms. The van der Waals surface area contributed by atoms with E-state index in [-0.39, 0.29) is 23.5 Å². The summed E-state index contributed by atoms with van der Waals surface area (Å²) < 4.78 is 22.4. The summed E-state index contributed by atoms with van der Waals surface area (Å²) in [6, 6.07) is -0.530. The van der Waals surface area contributed by atoms with Crippen LogP contribution in [0.1, 0.15) is 33.1 Å². The molecule has 1 aliphatic heterocycles. The largest absolute Gasteiger partial charge is 0.352 e. The zero-order valence-corrected chi connectivity index (χ0v) is 11.3. The number of amides is 1. The second-order valence-electron chi connectivity index (χ2n) is 5.17. The summed E-state index contributed by atoms with van der Waals surface area (Å²) in [6.07, 6.45) is 1.65. The Morgan fingerprint density at radius 1 is 1.35 bits per heavy atom. The van der Waals surface area contributed by atoms with E-state index in [9.17, 15) is 13.2 Å². The highest BCUT2D eigenvalue weighted by Gasteiger charge is 2.26. The van der Waals surface area contributed by atoms with Gasteiger partial charge in [0.1, 0.15) is 9.84 Å². The predicted octanol–water partition coefficient (Wildman–Crippen LogP) is 0.0532. The Hall–Kier alpha value is -0.620. The maximum Gasteiger partial charge on any atom is 0.237 e. The van der Waals surface area contributed by atoms with E-state index in [1.807, 2.05) is 13.8 Å². The SMILES string of the molecule is CC(C)C[C@H](N)C(=O)NC1CCS(=O)(=O)CC1. The molecule has 0 bridgehead atoms. The maximum atomic E-state index is 11.7. The van der Waals surface area contributed by atoms with E-state index in [0.717, 1.165) is 0 Å². The lowest BCUT2D eigenvalue weighted by molar-refractivity contribution is -0.123. The van der Waals surface area contributed by atoms with Gasteiger partial charge in [-0.15, -0.1) is 0 Å². The molecule has 100 valence electrons. The molecule has 1 atom stereocenters. The van der Waals surface area contributed by atoms with E-state index in [1.165, 1.54) is 0 Å². The Morgan fingerprint density at radius 3 is 2.35 bits per heavy atom. The molecule has 1 fully saturated rings. The van der Waals surface area contributed by atoms with Gasteiger partial charge in [-0.3, -0.25) is 4.79 Å². The third-order valence-corrected chi connectivity index (χ3v) is 4.68. The summed E-state index contributed by atoms with van der Waals surface area (Å²) in [5, 5.41) is 2.83. The Balaban J connectivity index is 2.37. The molecule has 0 spiro atoms. The molecule has 1 rings (SSSR count). The number of nitrogens with two attached hydrogens (primary N) is 1. The number of rotatable bonds is 4. The van der Waals surface area contributed by atoms with Crippen molar-refractivity contribution in [1.82, 2.24) is 5.32 Å². The quantitative estimate of drug-likeness (QED) is 0.749. The van der Waals surface area contributed by atoms with Crippen molar-refractivity contribution in [3.8, 4) is 0 Å². The summed E-state index contributed by atoms with van der Waals surface area (Å²) in [5.74, 6) is 0.542. The summed E-state index contributed by atoms with van der Waals surface area (Å²) in [6.45, 7) is 4.03. The van der Waals surface area contributed by atoms with Crippen LogP contribution in [0.3, 0.4) is 0 Å². The molecule has 0 aromatic carbocycles.